The molecule has 0 saturated carbocycles. The minimum absolute atomic E-state index is 0.132. The number of nitrogens with zero attached hydrogens (tertiary/aromatic N) is 2. The highest BCUT2D eigenvalue weighted by molar-refractivity contribution is 5.25. The van der Waals surface area contributed by atoms with Crippen molar-refractivity contribution in [2.75, 3.05) is 20.6 Å². The number of nitrogens with one attached hydrogen (secondary N) is 1. The Morgan fingerprint density at radius 3 is 2.67 bits per heavy atom. The molecule has 0 amide bonds. The molecule has 0 radical (unpaired) electrons. The van der Waals surface area contributed by atoms with E-state index >= 15 is 0 Å². The lowest BCUT2D eigenvalue weighted by atomic mass is 10.2. The summed E-state index contributed by atoms with van der Waals surface area (Å²) in [4.78, 5) is 6.43. The Morgan fingerprint density at radius 1 is 1.33 bits per heavy atom. The van der Waals surface area contributed by atoms with E-state index in [1.165, 1.54) is 0 Å². The molecule has 0 aromatic carbocycles. The third kappa shape index (κ3) is 5.47. The van der Waals surface area contributed by atoms with Crippen molar-refractivity contribution in [1.82, 2.24) is 15.2 Å². The summed E-state index contributed by atoms with van der Waals surface area (Å²) in [5, 5.41) is 3.39. The largest absolute Gasteiger partial charge is 0.473 e. The SMILES string of the molecule is CC(C)NCc1cccnc1OC(C)CN(C)C. The highest BCUT2D eigenvalue weighted by Crippen LogP contribution is 2.16. The van der Waals surface area contributed by atoms with Gasteiger partial charge in [-0.3, -0.25) is 0 Å². The minimum atomic E-state index is 0.132. The molecular formula is C14H25N3O. The van der Waals surface area contributed by atoms with Gasteiger partial charge in [0.1, 0.15) is 6.10 Å². The number of ether oxygens (including phenoxy) is 1. The highest BCUT2D eigenvalue weighted by atomic mass is 16.5. The van der Waals surface area contributed by atoms with Gasteiger partial charge in [-0.25, -0.2) is 4.98 Å². The van der Waals surface area contributed by atoms with Gasteiger partial charge in [-0.1, -0.05) is 19.9 Å². The van der Waals surface area contributed by atoms with E-state index in [1.807, 2.05) is 20.2 Å². The number of pyridine rings is 1. The monoisotopic (exact) mass is 251 g/mol. The molecule has 0 aliphatic rings. The number of rotatable bonds is 7. The number of hydrogen-bond acceptors (Lipinski definition) is 4. The summed E-state index contributed by atoms with van der Waals surface area (Å²) in [5.41, 5.74) is 1.11. The summed E-state index contributed by atoms with van der Waals surface area (Å²) in [6, 6.07) is 4.46. The second kappa shape index (κ2) is 7.34. The number of hydrogen-bond donors (Lipinski definition) is 1. The van der Waals surface area contributed by atoms with Gasteiger partial charge in [0, 0.05) is 30.9 Å². The second-order valence-corrected chi connectivity index (χ2v) is 5.19. The predicted octanol–water partition coefficient (Wildman–Crippen LogP) is 1.91. The molecule has 0 aliphatic heterocycles. The van der Waals surface area contributed by atoms with Crippen molar-refractivity contribution in [3.05, 3.63) is 23.9 Å². The van der Waals surface area contributed by atoms with Crippen LogP contribution in [0, 0.1) is 0 Å². The van der Waals surface area contributed by atoms with E-state index < -0.39 is 0 Å². The maximum absolute atomic E-state index is 5.90. The van der Waals surface area contributed by atoms with E-state index in [0.29, 0.717) is 6.04 Å². The van der Waals surface area contributed by atoms with Gasteiger partial charge in [0.2, 0.25) is 5.88 Å². The van der Waals surface area contributed by atoms with Crippen LogP contribution in [0.25, 0.3) is 0 Å². The molecule has 4 nitrogen and oxygen atoms in total. The lowest BCUT2D eigenvalue weighted by Crippen LogP contribution is -2.29. The van der Waals surface area contributed by atoms with Gasteiger partial charge in [-0.05, 0) is 27.1 Å². The maximum atomic E-state index is 5.90. The van der Waals surface area contributed by atoms with Gasteiger partial charge in [0.15, 0.2) is 0 Å². The van der Waals surface area contributed by atoms with Crippen LogP contribution in [0.4, 0.5) is 0 Å². The molecule has 1 atom stereocenters. The quantitative estimate of drug-likeness (QED) is 0.803. The third-order valence-electron chi connectivity index (χ3n) is 2.49. The van der Waals surface area contributed by atoms with Crippen molar-refractivity contribution < 1.29 is 4.74 Å². The van der Waals surface area contributed by atoms with Crippen LogP contribution in [0.15, 0.2) is 18.3 Å². The summed E-state index contributed by atoms with van der Waals surface area (Å²) in [6.45, 7) is 7.99. The van der Waals surface area contributed by atoms with Crippen LogP contribution in [-0.2, 0) is 6.54 Å². The van der Waals surface area contributed by atoms with Gasteiger partial charge in [-0.2, -0.15) is 0 Å². The molecule has 0 aliphatic carbocycles. The molecule has 1 heterocycles. The van der Waals surface area contributed by atoms with Crippen molar-refractivity contribution in [3.8, 4) is 5.88 Å². The van der Waals surface area contributed by atoms with Gasteiger partial charge < -0.3 is 15.0 Å². The smallest absolute Gasteiger partial charge is 0.218 e. The molecule has 1 unspecified atom stereocenters. The molecule has 1 aromatic rings. The zero-order valence-corrected chi connectivity index (χ0v) is 12.1. The molecule has 18 heavy (non-hydrogen) atoms. The molecule has 102 valence electrons. The van der Waals surface area contributed by atoms with Crippen LogP contribution in [0.1, 0.15) is 26.3 Å². The molecule has 1 aromatic heterocycles. The highest BCUT2D eigenvalue weighted by Gasteiger charge is 2.10. The minimum Gasteiger partial charge on any atom is -0.473 e. The van der Waals surface area contributed by atoms with E-state index in [0.717, 1.165) is 24.5 Å². The Morgan fingerprint density at radius 2 is 2.06 bits per heavy atom. The van der Waals surface area contributed by atoms with Crippen LogP contribution in [0.2, 0.25) is 0 Å². The van der Waals surface area contributed by atoms with Gasteiger partial charge in [-0.15, -0.1) is 0 Å². The predicted molar refractivity (Wildman–Crippen MR) is 74.9 cm³/mol. The zero-order valence-electron chi connectivity index (χ0n) is 12.1. The van der Waals surface area contributed by atoms with Crippen molar-refractivity contribution in [1.29, 1.82) is 0 Å². The van der Waals surface area contributed by atoms with Gasteiger partial charge in [0.05, 0.1) is 0 Å². The standard InChI is InChI=1S/C14H25N3O/c1-11(2)16-9-13-7-6-8-15-14(13)18-12(3)10-17(4)5/h6-8,11-12,16H,9-10H2,1-5H3. The Bertz CT molecular complexity index is 353. The molecule has 1 rings (SSSR count). The average molecular weight is 251 g/mol. The summed E-state index contributed by atoms with van der Waals surface area (Å²) in [7, 11) is 4.08. The second-order valence-electron chi connectivity index (χ2n) is 5.19. The first kappa shape index (κ1) is 14.9. The summed E-state index contributed by atoms with van der Waals surface area (Å²) in [6.07, 6.45) is 1.91. The van der Waals surface area contributed by atoms with Crippen molar-refractivity contribution in [2.24, 2.45) is 0 Å². The Kier molecular flexibility index (Phi) is 6.09. The molecule has 0 fully saturated rings. The Labute approximate surface area is 110 Å². The fourth-order valence-electron chi connectivity index (χ4n) is 1.72. The molecular weight excluding hydrogens is 226 g/mol. The summed E-state index contributed by atoms with van der Waals surface area (Å²) < 4.78 is 5.90. The molecule has 4 heteroatoms. The first-order valence-corrected chi connectivity index (χ1v) is 6.47. The molecule has 0 spiro atoms. The summed E-state index contributed by atoms with van der Waals surface area (Å²) in [5.74, 6) is 0.736. The van der Waals surface area contributed by atoms with Crippen LogP contribution in [0.3, 0.4) is 0 Å². The normalized spacial score (nSPS) is 13.1. The van der Waals surface area contributed by atoms with Crippen LogP contribution in [0.5, 0.6) is 5.88 Å². The lowest BCUT2D eigenvalue weighted by molar-refractivity contribution is 0.168. The lowest BCUT2D eigenvalue weighted by Gasteiger charge is -2.20. The molecule has 0 bridgehead atoms. The molecule has 1 N–H and O–H groups in total. The fourth-order valence-corrected chi connectivity index (χ4v) is 1.72. The Hall–Kier alpha value is -1.13. The average Bonchev–Trinajstić information content (AvgIpc) is 2.26. The topological polar surface area (TPSA) is 37.4 Å². The van der Waals surface area contributed by atoms with E-state index in [-0.39, 0.29) is 6.10 Å². The first-order chi connectivity index (χ1) is 8.49. The van der Waals surface area contributed by atoms with E-state index in [4.69, 9.17) is 4.74 Å². The number of aromatic nitrogens is 1. The first-order valence-electron chi connectivity index (χ1n) is 6.47. The van der Waals surface area contributed by atoms with E-state index in [9.17, 15) is 0 Å². The third-order valence-corrected chi connectivity index (χ3v) is 2.49. The fraction of sp³-hybridized carbons (Fsp3) is 0.643. The maximum Gasteiger partial charge on any atom is 0.218 e. The number of likely N-dealkylation sites (N-methyl/N-ethyl adjacent to an activating group) is 1. The van der Waals surface area contributed by atoms with Crippen molar-refractivity contribution >= 4 is 0 Å². The van der Waals surface area contributed by atoms with Crippen LogP contribution < -0.4 is 10.1 Å². The van der Waals surface area contributed by atoms with Crippen molar-refractivity contribution in [2.45, 2.75) is 39.5 Å². The zero-order chi connectivity index (χ0) is 13.5. The van der Waals surface area contributed by atoms with Crippen molar-refractivity contribution in [3.63, 3.8) is 0 Å². The van der Waals surface area contributed by atoms with Gasteiger partial charge >= 0.3 is 0 Å². The summed E-state index contributed by atoms with van der Waals surface area (Å²) >= 11 is 0. The molecule has 0 saturated heterocycles. The van der Waals surface area contributed by atoms with E-state index in [2.05, 4.69) is 42.0 Å². The van der Waals surface area contributed by atoms with Crippen LogP contribution >= 0.6 is 0 Å². The van der Waals surface area contributed by atoms with Crippen LogP contribution in [-0.4, -0.2) is 42.7 Å². The van der Waals surface area contributed by atoms with E-state index in [1.54, 1.807) is 6.20 Å². The Balaban J connectivity index is 2.63. The van der Waals surface area contributed by atoms with Gasteiger partial charge in [0.25, 0.3) is 0 Å².